The lowest BCUT2D eigenvalue weighted by Gasteiger charge is -2.39. The molecule has 2 aromatic carbocycles. The van der Waals surface area contributed by atoms with E-state index in [9.17, 15) is 13.2 Å². The maximum Gasteiger partial charge on any atom is 0.244 e. The predicted octanol–water partition coefficient (Wildman–Crippen LogP) is 2.31. The Bertz CT molecular complexity index is 1010. The van der Waals surface area contributed by atoms with Gasteiger partial charge in [-0.3, -0.25) is 9.69 Å². The Morgan fingerprint density at radius 2 is 1.60 bits per heavy atom. The number of amides is 1. The van der Waals surface area contributed by atoms with Gasteiger partial charge in [0.2, 0.25) is 15.9 Å². The summed E-state index contributed by atoms with van der Waals surface area (Å²) >= 11 is 0. The normalized spacial score (nSPS) is 18.7. The number of nitrogens with zero attached hydrogens (tertiary/aromatic N) is 3. The lowest BCUT2D eigenvalue weighted by atomic mass is 10.0. The van der Waals surface area contributed by atoms with Crippen LogP contribution in [0.3, 0.4) is 0 Å². The lowest BCUT2D eigenvalue weighted by Crippen LogP contribution is -2.52. The molecule has 4 rings (SSSR count). The molecule has 0 saturated carbocycles. The molecule has 160 valence electrons. The molecular formula is C23H29N3O3S. The molecule has 1 heterocycles. The first-order chi connectivity index (χ1) is 14.4. The highest BCUT2D eigenvalue weighted by atomic mass is 32.2. The number of carbonyl (C=O) groups excluding carboxylic acids is 1. The Labute approximate surface area is 179 Å². The van der Waals surface area contributed by atoms with Gasteiger partial charge in [0.25, 0.3) is 0 Å². The van der Waals surface area contributed by atoms with Gasteiger partial charge in [0.15, 0.2) is 0 Å². The second-order valence-electron chi connectivity index (χ2n) is 8.27. The zero-order valence-electron chi connectivity index (χ0n) is 17.6. The van der Waals surface area contributed by atoms with E-state index in [0.717, 1.165) is 30.4 Å². The third-order valence-corrected chi connectivity index (χ3v) is 8.03. The van der Waals surface area contributed by atoms with Gasteiger partial charge in [0.1, 0.15) is 6.04 Å². The van der Waals surface area contributed by atoms with Crippen LogP contribution in [-0.4, -0.2) is 68.7 Å². The van der Waals surface area contributed by atoms with Crippen LogP contribution in [0.2, 0.25) is 0 Å². The largest absolute Gasteiger partial charge is 0.347 e. The minimum absolute atomic E-state index is 0.0103. The number of benzene rings is 2. The smallest absolute Gasteiger partial charge is 0.244 e. The number of piperazine rings is 1. The summed E-state index contributed by atoms with van der Waals surface area (Å²) in [5.41, 5.74) is 3.37. The standard InChI is InChI=1S/C23H29N3O3S/c1-24(2)23(27)22(19-7-4-3-5-8-19)25-13-15-26(16-14-25)30(28,29)21-12-11-18-9-6-10-20(18)17-21/h3-5,7-8,11-12,17,22H,6,9-10,13-16H2,1-2H3. The highest BCUT2D eigenvalue weighted by Gasteiger charge is 2.35. The van der Waals surface area contributed by atoms with Gasteiger partial charge in [-0.15, -0.1) is 0 Å². The van der Waals surface area contributed by atoms with E-state index in [0.29, 0.717) is 31.1 Å². The zero-order valence-corrected chi connectivity index (χ0v) is 18.4. The number of hydrogen-bond donors (Lipinski definition) is 0. The van der Waals surface area contributed by atoms with Crippen molar-refractivity contribution in [2.45, 2.75) is 30.2 Å². The van der Waals surface area contributed by atoms with Crippen molar-refractivity contribution in [2.24, 2.45) is 0 Å². The fourth-order valence-electron chi connectivity index (χ4n) is 4.45. The minimum atomic E-state index is -3.52. The summed E-state index contributed by atoms with van der Waals surface area (Å²) in [6.45, 7) is 1.79. The van der Waals surface area contributed by atoms with Crippen LogP contribution < -0.4 is 0 Å². The summed E-state index contributed by atoms with van der Waals surface area (Å²) in [6, 6.07) is 14.9. The molecule has 1 aliphatic carbocycles. The molecule has 2 aromatic rings. The summed E-state index contributed by atoms with van der Waals surface area (Å²) in [4.78, 5) is 17.0. The fraction of sp³-hybridized carbons (Fsp3) is 0.435. The van der Waals surface area contributed by atoms with E-state index < -0.39 is 16.1 Å². The van der Waals surface area contributed by atoms with Crippen molar-refractivity contribution >= 4 is 15.9 Å². The average Bonchev–Trinajstić information content (AvgIpc) is 3.23. The predicted molar refractivity (Wildman–Crippen MR) is 117 cm³/mol. The molecule has 1 saturated heterocycles. The highest BCUT2D eigenvalue weighted by Crippen LogP contribution is 2.28. The molecule has 1 fully saturated rings. The molecule has 30 heavy (non-hydrogen) atoms. The molecule has 1 aliphatic heterocycles. The topological polar surface area (TPSA) is 60.9 Å². The maximum atomic E-state index is 13.2. The molecule has 0 spiro atoms. The van der Waals surface area contributed by atoms with Crippen LogP contribution in [0.5, 0.6) is 0 Å². The second kappa shape index (κ2) is 8.49. The van der Waals surface area contributed by atoms with Crippen molar-refractivity contribution in [3.05, 3.63) is 65.2 Å². The van der Waals surface area contributed by atoms with Crippen molar-refractivity contribution in [3.8, 4) is 0 Å². The number of aryl methyl sites for hydroxylation is 2. The van der Waals surface area contributed by atoms with Gasteiger partial charge in [-0.05, 0) is 48.1 Å². The number of sulfonamides is 1. The zero-order chi connectivity index (χ0) is 21.3. The summed E-state index contributed by atoms with van der Waals surface area (Å²) in [6.07, 6.45) is 3.09. The van der Waals surface area contributed by atoms with Crippen molar-refractivity contribution in [1.29, 1.82) is 0 Å². The summed E-state index contributed by atoms with van der Waals surface area (Å²) in [5.74, 6) is 0.0103. The molecule has 0 N–H and O–H groups in total. The van der Waals surface area contributed by atoms with Gasteiger partial charge in [0, 0.05) is 40.3 Å². The van der Waals surface area contributed by atoms with Crippen LogP contribution in [0.15, 0.2) is 53.4 Å². The van der Waals surface area contributed by atoms with Crippen LogP contribution in [0.25, 0.3) is 0 Å². The van der Waals surface area contributed by atoms with Gasteiger partial charge < -0.3 is 4.90 Å². The second-order valence-corrected chi connectivity index (χ2v) is 10.2. The summed E-state index contributed by atoms with van der Waals surface area (Å²) in [7, 11) is -0.00907. The van der Waals surface area contributed by atoms with Crippen LogP contribution in [0.4, 0.5) is 0 Å². The Morgan fingerprint density at radius 1 is 0.933 bits per heavy atom. The Morgan fingerprint density at radius 3 is 2.27 bits per heavy atom. The first-order valence-electron chi connectivity index (χ1n) is 10.5. The van der Waals surface area contributed by atoms with E-state index in [-0.39, 0.29) is 5.91 Å². The summed E-state index contributed by atoms with van der Waals surface area (Å²) < 4.78 is 28.0. The number of hydrogen-bond acceptors (Lipinski definition) is 4. The first-order valence-corrected chi connectivity index (χ1v) is 11.9. The van der Waals surface area contributed by atoms with Gasteiger partial charge in [-0.25, -0.2) is 8.42 Å². The third kappa shape index (κ3) is 4.02. The van der Waals surface area contributed by atoms with E-state index in [2.05, 4.69) is 4.90 Å². The molecule has 2 aliphatic rings. The lowest BCUT2D eigenvalue weighted by molar-refractivity contribution is -0.135. The molecule has 6 nitrogen and oxygen atoms in total. The Balaban J connectivity index is 1.51. The molecule has 1 unspecified atom stereocenters. The molecule has 0 aromatic heterocycles. The van der Waals surface area contributed by atoms with Gasteiger partial charge in [-0.1, -0.05) is 36.4 Å². The number of carbonyl (C=O) groups is 1. The van der Waals surface area contributed by atoms with Gasteiger partial charge in [-0.2, -0.15) is 4.31 Å². The summed E-state index contributed by atoms with van der Waals surface area (Å²) in [5, 5.41) is 0. The molecule has 0 radical (unpaired) electrons. The quantitative estimate of drug-likeness (QED) is 0.735. The van der Waals surface area contributed by atoms with Crippen molar-refractivity contribution in [1.82, 2.24) is 14.1 Å². The Hall–Kier alpha value is -2.22. The van der Waals surface area contributed by atoms with Crippen molar-refractivity contribution < 1.29 is 13.2 Å². The van der Waals surface area contributed by atoms with E-state index in [1.54, 1.807) is 29.4 Å². The van der Waals surface area contributed by atoms with Crippen molar-refractivity contribution in [3.63, 3.8) is 0 Å². The van der Waals surface area contributed by atoms with Crippen molar-refractivity contribution in [2.75, 3.05) is 40.3 Å². The van der Waals surface area contributed by atoms with Crippen LogP contribution >= 0.6 is 0 Å². The van der Waals surface area contributed by atoms with Gasteiger partial charge in [0.05, 0.1) is 4.90 Å². The minimum Gasteiger partial charge on any atom is -0.347 e. The third-order valence-electron chi connectivity index (χ3n) is 6.14. The number of rotatable bonds is 5. The van der Waals surface area contributed by atoms with E-state index in [1.807, 2.05) is 42.5 Å². The molecule has 1 atom stereocenters. The van der Waals surface area contributed by atoms with Crippen LogP contribution in [0.1, 0.15) is 29.2 Å². The highest BCUT2D eigenvalue weighted by molar-refractivity contribution is 7.89. The van der Waals surface area contributed by atoms with Crippen LogP contribution in [-0.2, 0) is 27.7 Å². The molecule has 0 bridgehead atoms. The average molecular weight is 428 g/mol. The molecule has 1 amide bonds. The molecular weight excluding hydrogens is 398 g/mol. The van der Waals surface area contributed by atoms with E-state index >= 15 is 0 Å². The van der Waals surface area contributed by atoms with Crippen LogP contribution in [0, 0.1) is 0 Å². The fourth-order valence-corrected chi connectivity index (χ4v) is 5.92. The van der Waals surface area contributed by atoms with E-state index in [1.165, 1.54) is 5.56 Å². The first kappa shape index (κ1) is 21.0. The van der Waals surface area contributed by atoms with E-state index in [4.69, 9.17) is 0 Å². The SMILES string of the molecule is CN(C)C(=O)C(c1ccccc1)N1CCN(S(=O)(=O)c2ccc3c(c2)CCC3)CC1. The van der Waals surface area contributed by atoms with Gasteiger partial charge >= 0.3 is 0 Å². The number of likely N-dealkylation sites (N-methyl/N-ethyl adjacent to an activating group) is 1. The Kier molecular flexibility index (Phi) is 5.95. The monoisotopic (exact) mass is 427 g/mol. The maximum absolute atomic E-state index is 13.2. The number of fused-ring (bicyclic) bond motifs is 1. The molecule has 7 heteroatoms.